The molecule has 0 saturated heterocycles. The lowest BCUT2D eigenvalue weighted by Gasteiger charge is -2.32. The molecule has 1 heterocycles. The van der Waals surface area contributed by atoms with Crippen LogP contribution >= 0.6 is 0 Å². The fraction of sp³-hybridized carbons (Fsp3) is 0.200. The van der Waals surface area contributed by atoms with E-state index in [2.05, 4.69) is 183 Å². The normalized spacial score (nSPS) is 23.1. The zero-order valence-electron chi connectivity index (χ0n) is 28.8. The Hall–Kier alpha value is -4.03. The summed E-state index contributed by atoms with van der Waals surface area (Å²) >= 11 is 0. The molecule has 0 unspecified atom stereocenters. The van der Waals surface area contributed by atoms with Gasteiger partial charge in [0, 0.05) is 0 Å². The zero-order valence-corrected chi connectivity index (χ0v) is 31.8. The molecule has 0 radical (unpaired) electrons. The SMILES string of the molecule is C[Si]1(c2ccccc2)Cc2cccc(c2)C[Si](C)(c2ccccc2)Cc2cccc(c2)C[Si](C)(c2ccccc2)Cc2cccc(c2)C1. The maximum absolute atomic E-state index is 2.62. The first-order valence-corrected chi connectivity index (χ1v) is 26.4. The van der Waals surface area contributed by atoms with Gasteiger partial charge in [-0.05, 0) is 36.3 Å². The van der Waals surface area contributed by atoms with E-state index in [9.17, 15) is 0 Å². The lowest BCUT2D eigenvalue weighted by atomic mass is 10.1. The fourth-order valence-electron chi connectivity index (χ4n) is 8.57. The molecule has 240 valence electrons. The van der Waals surface area contributed by atoms with Crippen LogP contribution in [0.1, 0.15) is 33.4 Å². The summed E-state index contributed by atoms with van der Waals surface area (Å²) in [5.74, 6) is 0. The molecule has 7 rings (SSSR count). The Balaban J connectivity index is 1.38. The van der Waals surface area contributed by atoms with Gasteiger partial charge in [0.1, 0.15) is 0 Å². The van der Waals surface area contributed by atoms with Crippen LogP contribution in [0.25, 0.3) is 0 Å². The molecule has 0 aliphatic carbocycles. The Bertz CT molecular complexity index is 1670. The second kappa shape index (κ2) is 13.8. The van der Waals surface area contributed by atoms with Crippen LogP contribution in [-0.2, 0) is 36.3 Å². The van der Waals surface area contributed by atoms with Crippen LogP contribution in [0, 0.1) is 0 Å². The Labute approximate surface area is 291 Å². The minimum Gasteiger partial charge on any atom is -0.0647 e. The van der Waals surface area contributed by atoms with Crippen molar-refractivity contribution in [1.29, 1.82) is 0 Å². The van der Waals surface area contributed by atoms with Crippen molar-refractivity contribution in [3.8, 4) is 0 Å². The summed E-state index contributed by atoms with van der Waals surface area (Å²) in [4.78, 5) is 0. The van der Waals surface area contributed by atoms with Crippen LogP contribution in [-0.4, -0.2) is 24.2 Å². The van der Waals surface area contributed by atoms with E-state index in [1.165, 1.54) is 33.4 Å². The molecule has 0 spiro atoms. The van der Waals surface area contributed by atoms with Gasteiger partial charge in [0.2, 0.25) is 0 Å². The second-order valence-corrected chi connectivity index (χ2v) is 28.5. The van der Waals surface area contributed by atoms with Gasteiger partial charge in [-0.1, -0.05) is 232 Å². The van der Waals surface area contributed by atoms with Gasteiger partial charge in [0.25, 0.3) is 0 Å². The summed E-state index contributed by atoms with van der Waals surface area (Å²) in [6, 6.07) is 70.4. The molecule has 6 aromatic rings. The number of rotatable bonds is 3. The molecule has 0 saturated carbocycles. The van der Waals surface area contributed by atoms with Crippen molar-refractivity contribution in [2.75, 3.05) is 0 Å². The molecule has 6 bridgehead atoms. The topological polar surface area (TPSA) is 0 Å². The number of hydrogen-bond acceptors (Lipinski definition) is 0. The lowest BCUT2D eigenvalue weighted by molar-refractivity contribution is 1.16. The Morgan fingerprint density at radius 2 is 0.479 bits per heavy atom. The monoisotopic (exact) mass is 672 g/mol. The molecule has 0 amide bonds. The Kier molecular flexibility index (Phi) is 9.37. The summed E-state index contributed by atoms with van der Waals surface area (Å²) in [7, 11) is -5.80. The predicted molar refractivity (Wildman–Crippen MR) is 215 cm³/mol. The predicted octanol–water partition coefficient (Wildman–Crippen LogP) is 8.55. The van der Waals surface area contributed by atoms with Crippen LogP contribution in [0.3, 0.4) is 0 Å². The van der Waals surface area contributed by atoms with Crippen LogP contribution in [0.5, 0.6) is 0 Å². The highest BCUT2D eigenvalue weighted by Gasteiger charge is 2.34. The van der Waals surface area contributed by atoms with E-state index in [1.807, 2.05) is 0 Å². The number of benzene rings is 6. The standard InChI is InChI=1S/C45H48Si3/c1-46(43-22-7-4-8-23-43)31-37-16-13-18-39(28-37)33-47(2,44-24-9-5-10-25-44)35-41-20-15-21-42(30-41)36-48(3,45-26-11-6-12-27-45)34-40-19-14-17-38(29-40)32-46/h4-30H,31-36H2,1-3H3. The molecule has 0 fully saturated rings. The van der Waals surface area contributed by atoms with Gasteiger partial charge in [0.05, 0.1) is 24.2 Å². The van der Waals surface area contributed by atoms with E-state index in [-0.39, 0.29) is 0 Å². The Morgan fingerprint density at radius 3 is 0.688 bits per heavy atom. The van der Waals surface area contributed by atoms with Crippen LogP contribution in [0.15, 0.2) is 164 Å². The third kappa shape index (κ3) is 7.34. The highest BCUT2D eigenvalue weighted by molar-refractivity contribution is 6.91. The minimum absolute atomic E-state index is 1.15. The van der Waals surface area contributed by atoms with E-state index >= 15 is 0 Å². The lowest BCUT2D eigenvalue weighted by Crippen LogP contribution is -2.51. The van der Waals surface area contributed by atoms with E-state index in [1.54, 1.807) is 15.6 Å². The fourth-order valence-corrected chi connectivity index (χ4v) is 19.9. The summed E-state index contributed by atoms with van der Waals surface area (Å²) in [5.41, 5.74) is 8.99. The first-order valence-electron chi connectivity index (χ1n) is 17.7. The van der Waals surface area contributed by atoms with Crippen molar-refractivity contribution >= 4 is 39.8 Å². The highest BCUT2D eigenvalue weighted by Crippen LogP contribution is 2.26. The van der Waals surface area contributed by atoms with Gasteiger partial charge in [-0.2, -0.15) is 0 Å². The summed E-state index contributed by atoms with van der Waals surface area (Å²) in [6.45, 7) is 7.87. The molecular formula is C45H48Si3. The van der Waals surface area contributed by atoms with Crippen LogP contribution < -0.4 is 15.6 Å². The van der Waals surface area contributed by atoms with Crippen LogP contribution in [0.2, 0.25) is 19.6 Å². The summed E-state index contributed by atoms with van der Waals surface area (Å²) in [5, 5.41) is 4.67. The first-order chi connectivity index (χ1) is 23.3. The molecule has 0 atom stereocenters. The van der Waals surface area contributed by atoms with Gasteiger partial charge >= 0.3 is 0 Å². The highest BCUT2D eigenvalue weighted by atomic mass is 28.3. The van der Waals surface area contributed by atoms with Gasteiger partial charge < -0.3 is 0 Å². The third-order valence-electron chi connectivity index (χ3n) is 11.0. The van der Waals surface area contributed by atoms with E-state index < -0.39 is 24.2 Å². The third-order valence-corrected chi connectivity index (χ3v) is 23.3. The largest absolute Gasteiger partial charge is 0.0922 e. The zero-order chi connectivity index (χ0) is 33.0. The first kappa shape index (κ1) is 32.5. The number of hydrogen-bond donors (Lipinski definition) is 0. The molecular weight excluding hydrogens is 625 g/mol. The van der Waals surface area contributed by atoms with Crippen molar-refractivity contribution in [3.63, 3.8) is 0 Å². The summed E-state index contributed by atoms with van der Waals surface area (Å²) in [6.07, 6.45) is 0. The van der Waals surface area contributed by atoms with Gasteiger partial charge in [-0.3, -0.25) is 0 Å². The molecule has 3 heteroatoms. The molecule has 6 aromatic carbocycles. The molecule has 0 aromatic heterocycles. The summed E-state index contributed by atoms with van der Waals surface area (Å²) < 4.78 is 0. The minimum atomic E-state index is -1.93. The Morgan fingerprint density at radius 1 is 0.271 bits per heavy atom. The van der Waals surface area contributed by atoms with E-state index in [0.717, 1.165) is 36.3 Å². The van der Waals surface area contributed by atoms with E-state index in [0.29, 0.717) is 0 Å². The van der Waals surface area contributed by atoms with Crippen molar-refractivity contribution in [1.82, 2.24) is 0 Å². The maximum Gasteiger partial charge on any atom is 0.0922 e. The van der Waals surface area contributed by atoms with E-state index in [4.69, 9.17) is 0 Å². The van der Waals surface area contributed by atoms with Gasteiger partial charge in [-0.25, -0.2) is 0 Å². The molecule has 1 aliphatic rings. The van der Waals surface area contributed by atoms with Gasteiger partial charge in [-0.15, -0.1) is 0 Å². The van der Waals surface area contributed by atoms with Crippen molar-refractivity contribution in [2.45, 2.75) is 55.9 Å². The molecule has 1 aliphatic heterocycles. The van der Waals surface area contributed by atoms with Crippen molar-refractivity contribution in [2.24, 2.45) is 0 Å². The van der Waals surface area contributed by atoms with Crippen LogP contribution in [0.4, 0.5) is 0 Å². The van der Waals surface area contributed by atoms with Gasteiger partial charge in [0.15, 0.2) is 0 Å². The average molecular weight is 673 g/mol. The second-order valence-electron chi connectivity index (χ2n) is 15.3. The van der Waals surface area contributed by atoms with Crippen molar-refractivity contribution in [3.05, 3.63) is 197 Å². The molecule has 48 heavy (non-hydrogen) atoms. The maximum atomic E-state index is 2.62. The van der Waals surface area contributed by atoms with Crippen molar-refractivity contribution < 1.29 is 0 Å². The quantitative estimate of drug-likeness (QED) is 0.165. The average Bonchev–Trinajstić information content (AvgIpc) is 3.09. The molecule has 0 nitrogen and oxygen atoms in total. The smallest absolute Gasteiger partial charge is 0.0647 e. The number of fused-ring (bicyclic) bond motifs is 6. The molecule has 0 N–H and O–H groups in total.